The van der Waals surface area contributed by atoms with Gasteiger partial charge in [0.15, 0.2) is 0 Å². The molecule has 90 valence electrons. The molecule has 0 spiro atoms. The number of benzene rings is 1. The summed E-state index contributed by atoms with van der Waals surface area (Å²) in [6, 6.07) is 6.11. The topological polar surface area (TPSA) is 26.0 Å². The van der Waals surface area contributed by atoms with Gasteiger partial charge in [-0.2, -0.15) is 13.2 Å². The SMILES string of the molecule is CCC[C@H](N)c1ccccc1SC(F)(F)F. The molecule has 1 aromatic rings. The highest BCUT2D eigenvalue weighted by atomic mass is 32.2. The quantitative estimate of drug-likeness (QED) is 0.813. The molecule has 0 fully saturated rings. The lowest BCUT2D eigenvalue weighted by molar-refractivity contribution is -0.0328. The molecule has 0 aliphatic heterocycles. The Morgan fingerprint density at radius 2 is 1.94 bits per heavy atom. The van der Waals surface area contributed by atoms with E-state index < -0.39 is 5.51 Å². The molecule has 0 aliphatic rings. The number of thioether (sulfide) groups is 1. The zero-order valence-electron chi connectivity index (χ0n) is 8.92. The lowest BCUT2D eigenvalue weighted by Crippen LogP contribution is -2.12. The van der Waals surface area contributed by atoms with Crippen molar-refractivity contribution in [3.05, 3.63) is 29.8 Å². The van der Waals surface area contributed by atoms with Crippen molar-refractivity contribution in [3.63, 3.8) is 0 Å². The smallest absolute Gasteiger partial charge is 0.324 e. The van der Waals surface area contributed by atoms with Crippen LogP contribution in [0.4, 0.5) is 13.2 Å². The number of hydrogen-bond donors (Lipinski definition) is 1. The van der Waals surface area contributed by atoms with Crippen LogP contribution in [0.5, 0.6) is 0 Å². The maximum Gasteiger partial charge on any atom is 0.446 e. The molecular weight excluding hydrogens is 235 g/mol. The summed E-state index contributed by atoms with van der Waals surface area (Å²) in [6.45, 7) is 1.96. The van der Waals surface area contributed by atoms with Crippen molar-refractivity contribution in [1.29, 1.82) is 0 Å². The minimum atomic E-state index is -4.26. The van der Waals surface area contributed by atoms with Crippen molar-refractivity contribution in [2.24, 2.45) is 5.73 Å². The number of rotatable bonds is 4. The van der Waals surface area contributed by atoms with Crippen LogP contribution >= 0.6 is 11.8 Å². The largest absolute Gasteiger partial charge is 0.446 e. The molecule has 0 radical (unpaired) electrons. The predicted octanol–water partition coefficient (Wildman–Crippen LogP) is 4.10. The van der Waals surface area contributed by atoms with Gasteiger partial charge in [0.2, 0.25) is 0 Å². The molecule has 1 aromatic carbocycles. The van der Waals surface area contributed by atoms with Gasteiger partial charge in [-0.3, -0.25) is 0 Å². The minimum Gasteiger partial charge on any atom is -0.324 e. The Bertz CT molecular complexity index is 338. The van der Waals surface area contributed by atoms with Crippen LogP contribution < -0.4 is 5.73 Å². The third-order valence-corrected chi connectivity index (χ3v) is 2.97. The van der Waals surface area contributed by atoms with Gasteiger partial charge in [0.1, 0.15) is 0 Å². The van der Waals surface area contributed by atoms with Crippen LogP contribution in [0.25, 0.3) is 0 Å². The van der Waals surface area contributed by atoms with Crippen LogP contribution in [0.15, 0.2) is 29.2 Å². The molecule has 1 nitrogen and oxygen atoms in total. The number of hydrogen-bond acceptors (Lipinski definition) is 2. The van der Waals surface area contributed by atoms with Crippen molar-refractivity contribution in [3.8, 4) is 0 Å². The molecule has 0 unspecified atom stereocenters. The molecule has 0 heterocycles. The van der Waals surface area contributed by atoms with E-state index in [1.54, 1.807) is 18.2 Å². The maximum atomic E-state index is 12.3. The molecule has 0 aromatic heterocycles. The van der Waals surface area contributed by atoms with E-state index >= 15 is 0 Å². The lowest BCUT2D eigenvalue weighted by atomic mass is 10.0. The average Bonchev–Trinajstić information content (AvgIpc) is 2.16. The first-order chi connectivity index (χ1) is 7.44. The van der Waals surface area contributed by atoms with E-state index in [1.165, 1.54) is 6.07 Å². The van der Waals surface area contributed by atoms with Gasteiger partial charge in [0, 0.05) is 10.9 Å². The summed E-state index contributed by atoms with van der Waals surface area (Å²) in [4.78, 5) is 0.205. The van der Waals surface area contributed by atoms with Crippen LogP contribution in [0.2, 0.25) is 0 Å². The molecule has 16 heavy (non-hydrogen) atoms. The first-order valence-corrected chi connectivity index (χ1v) is 5.86. The fraction of sp³-hybridized carbons (Fsp3) is 0.455. The highest BCUT2D eigenvalue weighted by molar-refractivity contribution is 8.00. The Kier molecular flexibility index (Phi) is 4.68. The van der Waals surface area contributed by atoms with Gasteiger partial charge in [-0.05, 0) is 29.8 Å². The molecule has 1 rings (SSSR count). The van der Waals surface area contributed by atoms with E-state index in [0.29, 0.717) is 12.0 Å². The fourth-order valence-electron chi connectivity index (χ4n) is 1.47. The molecule has 5 heteroatoms. The maximum absolute atomic E-state index is 12.3. The van der Waals surface area contributed by atoms with E-state index in [-0.39, 0.29) is 22.7 Å². The molecule has 0 saturated carbocycles. The Hall–Kier alpha value is -0.680. The molecule has 0 bridgehead atoms. The van der Waals surface area contributed by atoms with Crippen LogP contribution in [-0.2, 0) is 0 Å². The van der Waals surface area contributed by atoms with Crippen molar-refractivity contribution in [2.45, 2.75) is 36.2 Å². The summed E-state index contributed by atoms with van der Waals surface area (Å²) in [5, 5.41) is 0. The number of nitrogens with two attached hydrogens (primary N) is 1. The summed E-state index contributed by atoms with van der Waals surface area (Å²) in [7, 11) is 0. The van der Waals surface area contributed by atoms with E-state index in [4.69, 9.17) is 5.73 Å². The Morgan fingerprint density at radius 1 is 1.31 bits per heavy atom. The molecule has 1 atom stereocenters. The van der Waals surface area contributed by atoms with Gasteiger partial charge in [0.05, 0.1) is 0 Å². The standard InChI is InChI=1S/C11H14F3NS/c1-2-5-9(15)8-6-3-4-7-10(8)16-11(12,13)14/h3-4,6-7,9H,2,5,15H2,1H3/t9-/m0/s1. The van der Waals surface area contributed by atoms with E-state index in [9.17, 15) is 13.2 Å². The van der Waals surface area contributed by atoms with Crippen molar-refractivity contribution in [1.82, 2.24) is 0 Å². The first kappa shape index (κ1) is 13.4. The van der Waals surface area contributed by atoms with Gasteiger partial charge in [-0.15, -0.1) is 0 Å². The summed E-state index contributed by atoms with van der Waals surface area (Å²) in [6.07, 6.45) is 1.54. The van der Waals surface area contributed by atoms with E-state index in [0.717, 1.165) is 6.42 Å². The molecule has 0 aliphatic carbocycles. The van der Waals surface area contributed by atoms with Crippen LogP contribution in [0.3, 0.4) is 0 Å². The highest BCUT2D eigenvalue weighted by Crippen LogP contribution is 2.40. The Morgan fingerprint density at radius 3 is 2.50 bits per heavy atom. The van der Waals surface area contributed by atoms with Crippen LogP contribution in [0, 0.1) is 0 Å². The zero-order chi connectivity index (χ0) is 12.2. The van der Waals surface area contributed by atoms with E-state index in [2.05, 4.69) is 0 Å². The molecule has 0 amide bonds. The third-order valence-electron chi connectivity index (χ3n) is 2.14. The monoisotopic (exact) mass is 249 g/mol. The second kappa shape index (κ2) is 5.59. The second-order valence-electron chi connectivity index (χ2n) is 3.48. The number of halogens is 3. The van der Waals surface area contributed by atoms with Crippen molar-refractivity contribution in [2.75, 3.05) is 0 Å². The van der Waals surface area contributed by atoms with Gasteiger partial charge < -0.3 is 5.73 Å². The van der Waals surface area contributed by atoms with Crippen LogP contribution in [-0.4, -0.2) is 5.51 Å². The van der Waals surface area contributed by atoms with E-state index in [1.807, 2.05) is 6.92 Å². The Balaban J connectivity index is 2.91. The second-order valence-corrected chi connectivity index (χ2v) is 4.59. The molecular formula is C11H14F3NS. The number of alkyl halides is 3. The van der Waals surface area contributed by atoms with Gasteiger partial charge >= 0.3 is 5.51 Å². The minimum absolute atomic E-state index is 0.0984. The summed E-state index contributed by atoms with van der Waals surface area (Å²) in [5.41, 5.74) is 2.16. The molecule has 2 N–H and O–H groups in total. The average molecular weight is 249 g/mol. The fourth-order valence-corrected chi connectivity index (χ4v) is 2.20. The van der Waals surface area contributed by atoms with Crippen molar-refractivity contribution < 1.29 is 13.2 Å². The zero-order valence-corrected chi connectivity index (χ0v) is 9.74. The van der Waals surface area contributed by atoms with Crippen LogP contribution in [0.1, 0.15) is 31.4 Å². The van der Waals surface area contributed by atoms with Crippen molar-refractivity contribution >= 4 is 11.8 Å². The summed E-state index contributed by atoms with van der Waals surface area (Å²) in [5.74, 6) is 0. The predicted molar refractivity (Wildman–Crippen MR) is 60.2 cm³/mol. The summed E-state index contributed by atoms with van der Waals surface area (Å²) < 4.78 is 36.9. The molecule has 0 saturated heterocycles. The third kappa shape index (κ3) is 4.06. The first-order valence-electron chi connectivity index (χ1n) is 5.04. The highest BCUT2D eigenvalue weighted by Gasteiger charge is 2.30. The normalized spacial score (nSPS) is 13.8. The Labute approximate surface area is 97.2 Å². The summed E-state index contributed by atoms with van der Waals surface area (Å²) >= 11 is -0.0984. The lowest BCUT2D eigenvalue weighted by Gasteiger charge is -2.16. The van der Waals surface area contributed by atoms with Gasteiger partial charge in [-0.25, -0.2) is 0 Å². The van der Waals surface area contributed by atoms with Gasteiger partial charge in [0.25, 0.3) is 0 Å². The van der Waals surface area contributed by atoms with Gasteiger partial charge in [-0.1, -0.05) is 31.5 Å².